The number of hydrogen-bond acceptors (Lipinski definition) is 6. The number of nitrogens with zero attached hydrogens (tertiary/aromatic N) is 4. The highest BCUT2D eigenvalue weighted by atomic mass is 32.1. The maximum atomic E-state index is 5.55. The molecule has 3 aromatic rings. The Balaban J connectivity index is 2.12. The summed E-state index contributed by atoms with van der Waals surface area (Å²) in [5.74, 6) is 1.43. The van der Waals surface area contributed by atoms with Gasteiger partial charge in [0.1, 0.15) is 11.5 Å². The first kappa shape index (κ1) is 18.6. The molecule has 2 aromatic heterocycles. The summed E-state index contributed by atoms with van der Waals surface area (Å²) in [5.41, 5.74) is 2.53. The molecule has 0 atom stereocenters. The molecule has 0 saturated carbocycles. The highest BCUT2D eigenvalue weighted by Crippen LogP contribution is 2.33. The van der Waals surface area contributed by atoms with Gasteiger partial charge in [0.25, 0.3) is 0 Å². The van der Waals surface area contributed by atoms with Gasteiger partial charge in [-0.25, -0.2) is 4.68 Å². The average molecular weight is 380 g/mol. The zero-order valence-electron chi connectivity index (χ0n) is 15.2. The van der Waals surface area contributed by atoms with Gasteiger partial charge in [-0.2, -0.15) is 5.10 Å². The number of ether oxygens (including phenoxy) is 2. The van der Waals surface area contributed by atoms with Crippen LogP contribution in [-0.2, 0) is 0 Å². The van der Waals surface area contributed by atoms with Crippen molar-refractivity contribution in [3.63, 3.8) is 0 Å². The van der Waals surface area contributed by atoms with Crippen LogP contribution >= 0.6 is 11.3 Å². The molecule has 0 saturated heterocycles. The molecule has 0 fully saturated rings. The summed E-state index contributed by atoms with van der Waals surface area (Å²) >= 11 is 1.50. The van der Waals surface area contributed by atoms with E-state index < -0.39 is 0 Å². The fourth-order valence-corrected chi connectivity index (χ4v) is 3.27. The van der Waals surface area contributed by atoms with Gasteiger partial charge in [0.05, 0.1) is 38.4 Å². The second-order valence-corrected chi connectivity index (χ2v) is 6.25. The van der Waals surface area contributed by atoms with E-state index in [1.165, 1.54) is 11.3 Å². The standard InChI is InChI=1S/C20H20N4O2S/c1-4-10-22-20-24(23-13-15-7-5-6-11-21-15)18(14-27-20)17-9-8-16(25-2)12-19(17)26-3/h4-9,11-14H,1,10H2,2-3H3/b22-20?,23-13-. The van der Waals surface area contributed by atoms with Gasteiger partial charge in [0.15, 0.2) is 0 Å². The van der Waals surface area contributed by atoms with Crippen molar-refractivity contribution in [3.05, 3.63) is 71.1 Å². The molecule has 0 bridgehead atoms. The van der Waals surface area contributed by atoms with E-state index in [2.05, 4.69) is 21.7 Å². The lowest BCUT2D eigenvalue weighted by Crippen LogP contribution is -2.13. The van der Waals surface area contributed by atoms with Crippen molar-refractivity contribution in [1.82, 2.24) is 9.66 Å². The Morgan fingerprint density at radius 2 is 2.11 bits per heavy atom. The summed E-state index contributed by atoms with van der Waals surface area (Å²) in [6.07, 6.45) is 5.19. The van der Waals surface area contributed by atoms with Gasteiger partial charge in [0.2, 0.25) is 4.80 Å². The van der Waals surface area contributed by atoms with E-state index in [1.807, 2.05) is 41.8 Å². The molecule has 7 heteroatoms. The molecule has 1 aromatic carbocycles. The van der Waals surface area contributed by atoms with Crippen LogP contribution in [0.2, 0.25) is 0 Å². The first-order valence-corrected chi connectivity index (χ1v) is 9.14. The summed E-state index contributed by atoms with van der Waals surface area (Å²) in [7, 11) is 3.26. The highest BCUT2D eigenvalue weighted by Gasteiger charge is 2.13. The molecule has 27 heavy (non-hydrogen) atoms. The summed E-state index contributed by atoms with van der Waals surface area (Å²) < 4.78 is 12.6. The predicted molar refractivity (Wildman–Crippen MR) is 109 cm³/mol. The fourth-order valence-electron chi connectivity index (χ4n) is 2.43. The Morgan fingerprint density at radius 3 is 2.81 bits per heavy atom. The monoisotopic (exact) mass is 380 g/mol. The van der Waals surface area contributed by atoms with Gasteiger partial charge >= 0.3 is 0 Å². The quantitative estimate of drug-likeness (QED) is 0.465. The summed E-state index contributed by atoms with van der Waals surface area (Å²) in [5, 5.41) is 6.61. The van der Waals surface area contributed by atoms with E-state index in [4.69, 9.17) is 9.47 Å². The molecule has 0 unspecified atom stereocenters. The van der Waals surface area contributed by atoms with Crippen LogP contribution < -0.4 is 14.3 Å². The Bertz CT molecular complexity index is 1010. The Labute approximate surface area is 161 Å². The van der Waals surface area contributed by atoms with Crippen molar-refractivity contribution in [1.29, 1.82) is 0 Å². The van der Waals surface area contributed by atoms with Crippen LogP contribution in [0.1, 0.15) is 5.69 Å². The number of methoxy groups -OCH3 is 2. The molecule has 2 heterocycles. The Hall–Kier alpha value is -3.19. The fraction of sp³-hybridized carbons (Fsp3) is 0.150. The van der Waals surface area contributed by atoms with E-state index >= 15 is 0 Å². The van der Waals surface area contributed by atoms with Crippen LogP contribution in [0.4, 0.5) is 0 Å². The van der Waals surface area contributed by atoms with Crippen LogP contribution in [0.3, 0.4) is 0 Å². The molecule has 6 nitrogen and oxygen atoms in total. The third-order valence-electron chi connectivity index (χ3n) is 3.72. The number of thiazole rings is 1. The lowest BCUT2D eigenvalue weighted by molar-refractivity contribution is 0.395. The van der Waals surface area contributed by atoms with Crippen molar-refractivity contribution >= 4 is 17.6 Å². The third kappa shape index (κ3) is 4.32. The van der Waals surface area contributed by atoms with Crippen molar-refractivity contribution in [2.75, 3.05) is 20.8 Å². The first-order chi connectivity index (χ1) is 13.3. The van der Waals surface area contributed by atoms with Gasteiger partial charge in [-0.15, -0.1) is 17.9 Å². The molecule has 3 rings (SSSR count). The second kappa shape index (κ2) is 8.95. The normalized spacial score (nSPS) is 11.7. The zero-order valence-corrected chi connectivity index (χ0v) is 16.0. The minimum atomic E-state index is 0.513. The van der Waals surface area contributed by atoms with Crippen LogP contribution in [0.25, 0.3) is 11.3 Å². The molecule has 0 aliphatic carbocycles. The van der Waals surface area contributed by atoms with Crippen LogP contribution in [0, 0.1) is 0 Å². The second-order valence-electron chi connectivity index (χ2n) is 5.41. The van der Waals surface area contributed by atoms with E-state index in [-0.39, 0.29) is 0 Å². The van der Waals surface area contributed by atoms with Gasteiger partial charge < -0.3 is 9.47 Å². The Kier molecular flexibility index (Phi) is 6.17. The first-order valence-electron chi connectivity index (χ1n) is 8.26. The van der Waals surface area contributed by atoms with Gasteiger partial charge in [0, 0.05) is 23.2 Å². The largest absolute Gasteiger partial charge is 0.497 e. The van der Waals surface area contributed by atoms with E-state index in [0.29, 0.717) is 12.3 Å². The van der Waals surface area contributed by atoms with Crippen molar-refractivity contribution in [2.45, 2.75) is 0 Å². The molecule has 0 radical (unpaired) electrons. The van der Waals surface area contributed by atoms with Crippen LogP contribution in [0.5, 0.6) is 11.5 Å². The molecular weight excluding hydrogens is 360 g/mol. The molecule has 0 N–H and O–H groups in total. The highest BCUT2D eigenvalue weighted by molar-refractivity contribution is 7.07. The lowest BCUT2D eigenvalue weighted by Gasteiger charge is -2.10. The zero-order chi connectivity index (χ0) is 19.1. The summed E-state index contributed by atoms with van der Waals surface area (Å²) in [6, 6.07) is 11.4. The predicted octanol–water partition coefficient (Wildman–Crippen LogP) is 3.60. The van der Waals surface area contributed by atoms with Crippen LogP contribution in [0.15, 0.2) is 70.7 Å². The molecule has 0 spiro atoms. The van der Waals surface area contributed by atoms with Gasteiger partial charge in [-0.1, -0.05) is 12.1 Å². The summed E-state index contributed by atoms with van der Waals surface area (Å²) in [6.45, 7) is 4.24. The summed E-state index contributed by atoms with van der Waals surface area (Å²) in [4.78, 5) is 9.58. The molecule has 0 aliphatic heterocycles. The van der Waals surface area contributed by atoms with Gasteiger partial charge in [-0.05, 0) is 24.3 Å². The van der Waals surface area contributed by atoms with Crippen LogP contribution in [-0.4, -0.2) is 36.6 Å². The minimum Gasteiger partial charge on any atom is -0.497 e. The molecular formula is C20H20N4O2S. The smallest absolute Gasteiger partial charge is 0.206 e. The molecule has 138 valence electrons. The minimum absolute atomic E-state index is 0.513. The maximum Gasteiger partial charge on any atom is 0.206 e. The number of rotatable bonds is 7. The van der Waals surface area contributed by atoms with Crippen molar-refractivity contribution in [3.8, 4) is 22.8 Å². The van der Waals surface area contributed by atoms with E-state index in [0.717, 1.165) is 27.5 Å². The molecule has 0 amide bonds. The SMILES string of the molecule is C=CCN=c1scc(-c2ccc(OC)cc2OC)n1/N=C\c1ccccn1. The number of pyridine rings is 1. The number of benzene rings is 1. The van der Waals surface area contributed by atoms with Gasteiger partial charge in [-0.3, -0.25) is 9.98 Å². The average Bonchev–Trinajstić information content (AvgIpc) is 3.13. The topological polar surface area (TPSA) is 61.0 Å². The van der Waals surface area contributed by atoms with E-state index in [9.17, 15) is 0 Å². The maximum absolute atomic E-state index is 5.55. The Morgan fingerprint density at radius 1 is 1.22 bits per heavy atom. The number of aromatic nitrogens is 2. The molecule has 0 aliphatic rings. The van der Waals surface area contributed by atoms with E-state index in [1.54, 1.807) is 37.4 Å². The van der Waals surface area contributed by atoms with Crippen molar-refractivity contribution in [2.24, 2.45) is 10.1 Å². The third-order valence-corrected chi connectivity index (χ3v) is 4.57. The number of hydrogen-bond donors (Lipinski definition) is 0. The van der Waals surface area contributed by atoms with Crippen molar-refractivity contribution < 1.29 is 9.47 Å². The lowest BCUT2D eigenvalue weighted by atomic mass is 10.1.